The Morgan fingerprint density at radius 1 is 1.19 bits per heavy atom. The molecule has 0 aromatic heterocycles. The first kappa shape index (κ1) is 14.1. The van der Waals surface area contributed by atoms with E-state index in [1.807, 2.05) is 42.5 Å². The molecule has 2 aliphatic rings. The van der Waals surface area contributed by atoms with Crippen LogP contribution in [0.3, 0.4) is 0 Å². The Hall–Kier alpha value is -1.89. The Bertz CT molecular complexity index is 565. The monoisotopic (exact) mass is 278 g/mol. The molecule has 0 spiro atoms. The molecule has 1 heteroatoms. The van der Waals surface area contributed by atoms with Crippen LogP contribution in [0.4, 0.5) is 0 Å². The summed E-state index contributed by atoms with van der Waals surface area (Å²) in [5.41, 5.74) is 1.19. The van der Waals surface area contributed by atoms with E-state index in [0.29, 0.717) is 18.3 Å². The molecule has 0 aliphatic heterocycles. The van der Waals surface area contributed by atoms with Crippen LogP contribution < -0.4 is 0 Å². The van der Waals surface area contributed by atoms with Gasteiger partial charge in [-0.1, -0.05) is 54.6 Å². The zero-order valence-corrected chi connectivity index (χ0v) is 12.4. The Labute approximate surface area is 127 Å². The fourth-order valence-corrected chi connectivity index (χ4v) is 4.10. The lowest BCUT2D eigenvalue weighted by Crippen LogP contribution is -2.29. The Morgan fingerprint density at radius 2 is 1.86 bits per heavy atom. The molecule has 2 bridgehead atoms. The van der Waals surface area contributed by atoms with Gasteiger partial charge in [-0.2, -0.15) is 0 Å². The minimum absolute atomic E-state index is 0.111. The van der Waals surface area contributed by atoms with E-state index in [1.54, 1.807) is 6.08 Å². The normalized spacial score (nSPS) is 30.1. The highest BCUT2D eigenvalue weighted by Crippen LogP contribution is 2.58. The Kier molecular flexibility index (Phi) is 3.92. The van der Waals surface area contributed by atoms with Crippen LogP contribution in [0.15, 0.2) is 61.2 Å². The van der Waals surface area contributed by atoms with Gasteiger partial charge in [0.2, 0.25) is 0 Å². The van der Waals surface area contributed by atoms with E-state index >= 15 is 0 Å². The maximum Gasteiger partial charge on any atom is 0.156 e. The molecule has 1 saturated carbocycles. The predicted octanol–water partition coefficient (Wildman–Crippen LogP) is 4.82. The number of ketones is 1. The molecule has 0 amide bonds. The second kappa shape index (κ2) is 5.85. The predicted molar refractivity (Wildman–Crippen MR) is 87.7 cm³/mol. The average molecular weight is 278 g/mol. The van der Waals surface area contributed by atoms with Crippen molar-refractivity contribution < 1.29 is 4.79 Å². The number of hydrogen-bond acceptors (Lipinski definition) is 1. The van der Waals surface area contributed by atoms with Crippen molar-refractivity contribution in [2.45, 2.75) is 25.7 Å². The first-order chi connectivity index (χ1) is 10.2. The van der Waals surface area contributed by atoms with Crippen molar-refractivity contribution in [1.29, 1.82) is 0 Å². The summed E-state index contributed by atoms with van der Waals surface area (Å²) in [5.74, 6) is 1.37. The number of rotatable bonds is 6. The maximum atomic E-state index is 12.4. The number of carbonyl (C=O) groups is 1. The zero-order chi connectivity index (χ0) is 14.7. The molecule has 1 nitrogen and oxygen atoms in total. The van der Waals surface area contributed by atoms with Gasteiger partial charge >= 0.3 is 0 Å². The van der Waals surface area contributed by atoms with Crippen LogP contribution in [-0.4, -0.2) is 5.78 Å². The van der Waals surface area contributed by atoms with E-state index in [4.69, 9.17) is 0 Å². The van der Waals surface area contributed by atoms with Gasteiger partial charge in [-0.15, -0.1) is 6.58 Å². The van der Waals surface area contributed by atoms with E-state index < -0.39 is 0 Å². The van der Waals surface area contributed by atoms with Crippen LogP contribution in [-0.2, 0) is 4.79 Å². The van der Waals surface area contributed by atoms with Gasteiger partial charge in [0.05, 0.1) is 0 Å². The Morgan fingerprint density at radius 3 is 2.43 bits per heavy atom. The molecule has 1 fully saturated rings. The summed E-state index contributed by atoms with van der Waals surface area (Å²) in [6.07, 6.45) is 14.4. The standard InChI is InChI=1S/C20H22O/c1-2-14-20(17-9-10-18(20)12-11-17)15-19(21)13-8-16-6-4-3-5-7-16/h2-10,13,17-18H,1,11-12,14-15H2/b13-8+/t17-,18+,20?. The van der Waals surface area contributed by atoms with Gasteiger partial charge in [-0.25, -0.2) is 0 Å². The van der Waals surface area contributed by atoms with Crippen molar-refractivity contribution in [2.75, 3.05) is 0 Å². The number of allylic oxidation sites excluding steroid dienone is 4. The molecule has 0 saturated heterocycles. The topological polar surface area (TPSA) is 17.1 Å². The molecule has 0 N–H and O–H groups in total. The summed E-state index contributed by atoms with van der Waals surface area (Å²) in [7, 11) is 0. The van der Waals surface area contributed by atoms with Gasteiger partial charge in [-0.05, 0) is 48.2 Å². The molecule has 1 aromatic carbocycles. The second-order valence-electron chi connectivity index (χ2n) is 6.29. The first-order valence-electron chi connectivity index (χ1n) is 7.80. The van der Waals surface area contributed by atoms with Crippen molar-refractivity contribution in [3.05, 3.63) is 66.8 Å². The largest absolute Gasteiger partial charge is 0.295 e. The van der Waals surface area contributed by atoms with Gasteiger partial charge in [0, 0.05) is 6.42 Å². The summed E-state index contributed by atoms with van der Waals surface area (Å²) < 4.78 is 0. The molecule has 1 aromatic rings. The maximum absolute atomic E-state index is 12.4. The van der Waals surface area contributed by atoms with E-state index in [-0.39, 0.29) is 11.2 Å². The zero-order valence-electron chi connectivity index (χ0n) is 12.4. The second-order valence-corrected chi connectivity index (χ2v) is 6.29. The van der Waals surface area contributed by atoms with Crippen LogP contribution in [0.5, 0.6) is 0 Å². The molecule has 3 rings (SSSR count). The number of fused-ring (bicyclic) bond motifs is 2. The van der Waals surface area contributed by atoms with Crippen molar-refractivity contribution in [3.8, 4) is 0 Å². The van der Waals surface area contributed by atoms with Crippen LogP contribution in [0.25, 0.3) is 6.08 Å². The fraction of sp³-hybridized carbons (Fsp3) is 0.350. The summed E-state index contributed by atoms with van der Waals surface area (Å²) in [6, 6.07) is 10.0. The van der Waals surface area contributed by atoms with Crippen molar-refractivity contribution >= 4 is 11.9 Å². The number of carbonyl (C=O) groups excluding carboxylic acids is 1. The smallest absolute Gasteiger partial charge is 0.156 e. The van der Waals surface area contributed by atoms with Crippen molar-refractivity contribution in [3.63, 3.8) is 0 Å². The van der Waals surface area contributed by atoms with E-state index in [1.165, 1.54) is 12.8 Å². The highest BCUT2D eigenvalue weighted by atomic mass is 16.1. The third-order valence-electron chi connectivity index (χ3n) is 5.13. The van der Waals surface area contributed by atoms with Gasteiger partial charge in [0.25, 0.3) is 0 Å². The molecule has 1 unspecified atom stereocenters. The summed E-state index contributed by atoms with van der Waals surface area (Å²) in [6.45, 7) is 3.91. The van der Waals surface area contributed by atoms with Gasteiger partial charge < -0.3 is 0 Å². The molecule has 2 aliphatic carbocycles. The summed E-state index contributed by atoms with van der Waals surface area (Å²) >= 11 is 0. The summed E-state index contributed by atoms with van der Waals surface area (Å²) in [4.78, 5) is 12.4. The molecule has 0 heterocycles. The van der Waals surface area contributed by atoms with Crippen LogP contribution >= 0.6 is 0 Å². The minimum Gasteiger partial charge on any atom is -0.295 e. The lowest BCUT2D eigenvalue weighted by molar-refractivity contribution is -0.117. The Balaban J connectivity index is 1.71. The molecule has 108 valence electrons. The van der Waals surface area contributed by atoms with Crippen LogP contribution in [0.1, 0.15) is 31.2 Å². The lowest BCUT2D eigenvalue weighted by Gasteiger charge is -2.33. The molecule has 3 atom stereocenters. The van der Waals surface area contributed by atoms with E-state index in [0.717, 1.165) is 12.0 Å². The fourth-order valence-electron chi connectivity index (χ4n) is 4.10. The van der Waals surface area contributed by atoms with Gasteiger partial charge in [0.15, 0.2) is 5.78 Å². The van der Waals surface area contributed by atoms with E-state index in [2.05, 4.69) is 18.7 Å². The van der Waals surface area contributed by atoms with Gasteiger partial charge in [0.1, 0.15) is 0 Å². The van der Waals surface area contributed by atoms with Gasteiger partial charge in [-0.3, -0.25) is 4.79 Å². The first-order valence-corrected chi connectivity index (χ1v) is 7.80. The third-order valence-corrected chi connectivity index (χ3v) is 5.13. The van der Waals surface area contributed by atoms with Crippen molar-refractivity contribution in [2.24, 2.45) is 17.3 Å². The molecule has 21 heavy (non-hydrogen) atoms. The molecular formula is C20H22O. The number of hydrogen-bond donors (Lipinski definition) is 0. The SMILES string of the molecule is C=CCC1(CC(=O)/C=C/c2ccccc2)[C@@H]2C=C[C@H]1CC2. The molecular weight excluding hydrogens is 256 g/mol. The van der Waals surface area contributed by atoms with E-state index in [9.17, 15) is 4.79 Å². The third kappa shape index (κ3) is 2.65. The quantitative estimate of drug-likeness (QED) is 0.538. The van der Waals surface area contributed by atoms with Crippen molar-refractivity contribution in [1.82, 2.24) is 0 Å². The van der Waals surface area contributed by atoms with Crippen LogP contribution in [0, 0.1) is 17.3 Å². The van der Waals surface area contributed by atoms with Crippen LogP contribution in [0.2, 0.25) is 0 Å². The lowest BCUT2D eigenvalue weighted by atomic mass is 9.70. The average Bonchev–Trinajstić information content (AvgIpc) is 3.01. The highest BCUT2D eigenvalue weighted by molar-refractivity contribution is 5.94. The molecule has 0 radical (unpaired) electrons. The summed E-state index contributed by atoms with van der Waals surface area (Å²) in [5, 5.41) is 0. The highest BCUT2D eigenvalue weighted by Gasteiger charge is 2.50. The number of benzene rings is 1. The minimum atomic E-state index is 0.111.